The van der Waals surface area contributed by atoms with Crippen LogP contribution in [0.2, 0.25) is 5.02 Å². The van der Waals surface area contributed by atoms with E-state index >= 15 is 0 Å². The third-order valence-electron chi connectivity index (χ3n) is 6.16. The average Bonchev–Trinajstić information content (AvgIpc) is 2.91. The zero-order valence-electron chi connectivity index (χ0n) is 21.8. The molecule has 0 saturated heterocycles. The lowest BCUT2D eigenvalue weighted by Crippen LogP contribution is -2.37. The van der Waals surface area contributed by atoms with Gasteiger partial charge in [-0.2, -0.15) is 13.2 Å². The van der Waals surface area contributed by atoms with Gasteiger partial charge >= 0.3 is 12.1 Å². The smallest absolute Gasteiger partial charge is 0.416 e. The molecule has 210 valence electrons. The van der Waals surface area contributed by atoms with E-state index in [0.29, 0.717) is 35.0 Å². The van der Waals surface area contributed by atoms with Crippen LogP contribution >= 0.6 is 11.6 Å². The molecule has 7 nitrogen and oxygen atoms in total. The third kappa shape index (κ3) is 7.53. The van der Waals surface area contributed by atoms with Gasteiger partial charge in [-0.3, -0.25) is 0 Å². The number of benzene rings is 3. The first-order valence-electron chi connectivity index (χ1n) is 12.4. The van der Waals surface area contributed by atoms with Gasteiger partial charge in [0, 0.05) is 23.7 Å². The van der Waals surface area contributed by atoms with Crippen molar-refractivity contribution in [3.63, 3.8) is 0 Å². The first kappa shape index (κ1) is 28.9. The molecule has 0 radical (unpaired) electrons. The Labute approximate surface area is 234 Å². The zero-order valence-corrected chi connectivity index (χ0v) is 22.5. The molecule has 0 amide bonds. The van der Waals surface area contributed by atoms with E-state index < -0.39 is 23.3 Å². The second-order valence-corrected chi connectivity index (χ2v) is 10.1. The standard InChI is InChI=1S/C29H27ClF3N3O4/c1-28(2,26(37)38)40-24-12-8-19(9-13-24)14-15-36(17-20-6-10-22(11-7-20)29(31,32)33)27-34-25(18-39-35-27)21-4-3-5-23(30)16-21/h3-13,16H,14-15,17-18H2,1-2H3,(H,37,38). The zero-order chi connectivity index (χ0) is 28.9. The maximum Gasteiger partial charge on any atom is 0.416 e. The summed E-state index contributed by atoms with van der Waals surface area (Å²) >= 11 is 6.14. The summed E-state index contributed by atoms with van der Waals surface area (Å²) in [7, 11) is 0. The van der Waals surface area contributed by atoms with E-state index in [-0.39, 0.29) is 19.1 Å². The van der Waals surface area contributed by atoms with Crippen molar-refractivity contribution in [3.05, 3.63) is 100 Å². The SMILES string of the molecule is CC(C)(Oc1ccc(CCN(Cc2ccc(C(F)(F)F)cc2)C2=NOCC(c3cccc(Cl)c3)=N2)cc1)C(=O)O. The molecule has 1 aliphatic heterocycles. The second-order valence-electron chi connectivity index (χ2n) is 9.66. The number of carboxylic acid groups (broad SMARTS) is 1. The van der Waals surface area contributed by atoms with E-state index in [9.17, 15) is 23.1 Å². The van der Waals surface area contributed by atoms with Crippen molar-refractivity contribution < 1.29 is 32.6 Å². The Morgan fingerprint density at radius 3 is 2.35 bits per heavy atom. The minimum atomic E-state index is -4.43. The summed E-state index contributed by atoms with van der Waals surface area (Å²) in [5.74, 6) is -0.383. The minimum absolute atomic E-state index is 0.145. The highest BCUT2D eigenvalue weighted by atomic mass is 35.5. The highest BCUT2D eigenvalue weighted by Crippen LogP contribution is 2.29. The van der Waals surface area contributed by atoms with Crippen LogP contribution in [0.15, 0.2) is 82.9 Å². The molecule has 0 atom stereocenters. The predicted molar refractivity (Wildman–Crippen MR) is 146 cm³/mol. The number of nitrogens with zero attached hydrogens (tertiary/aromatic N) is 3. The summed E-state index contributed by atoms with van der Waals surface area (Å²) in [5, 5.41) is 14.0. The number of alkyl halides is 3. The fourth-order valence-corrected chi connectivity index (χ4v) is 4.05. The summed E-state index contributed by atoms with van der Waals surface area (Å²) in [6, 6.07) is 19.2. The Hall–Kier alpha value is -4.05. The molecule has 1 aliphatic rings. The topological polar surface area (TPSA) is 83.7 Å². The fraction of sp³-hybridized carbons (Fsp3) is 0.276. The lowest BCUT2D eigenvalue weighted by molar-refractivity contribution is -0.152. The number of ether oxygens (including phenoxy) is 1. The number of halogens is 4. The monoisotopic (exact) mass is 573 g/mol. The third-order valence-corrected chi connectivity index (χ3v) is 6.39. The van der Waals surface area contributed by atoms with Crippen molar-refractivity contribution >= 4 is 29.2 Å². The van der Waals surface area contributed by atoms with Gasteiger partial charge in [0.25, 0.3) is 5.96 Å². The van der Waals surface area contributed by atoms with E-state index in [1.165, 1.54) is 26.0 Å². The van der Waals surface area contributed by atoms with Gasteiger partial charge in [0.1, 0.15) is 5.75 Å². The average molecular weight is 574 g/mol. The van der Waals surface area contributed by atoms with E-state index in [0.717, 1.165) is 23.3 Å². The Bertz CT molecular complexity index is 1410. The molecule has 0 aliphatic carbocycles. The van der Waals surface area contributed by atoms with E-state index in [2.05, 4.69) is 10.1 Å². The van der Waals surface area contributed by atoms with E-state index in [1.807, 2.05) is 23.1 Å². The van der Waals surface area contributed by atoms with Gasteiger partial charge in [0.2, 0.25) is 0 Å². The van der Waals surface area contributed by atoms with Gasteiger partial charge in [0.15, 0.2) is 12.2 Å². The number of oxime groups is 1. The summed E-state index contributed by atoms with van der Waals surface area (Å²) < 4.78 is 44.7. The van der Waals surface area contributed by atoms with Gasteiger partial charge in [-0.25, -0.2) is 9.79 Å². The Morgan fingerprint density at radius 1 is 1.05 bits per heavy atom. The minimum Gasteiger partial charge on any atom is -0.478 e. The predicted octanol–water partition coefficient (Wildman–Crippen LogP) is 6.44. The molecule has 40 heavy (non-hydrogen) atoms. The van der Waals surface area contributed by atoms with Crippen LogP contribution in [0.25, 0.3) is 0 Å². The molecule has 0 saturated carbocycles. The normalized spacial score (nSPS) is 13.7. The molecule has 1 heterocycles. The van der Waals surface area contributed by atoms with Crippen LogP contribution in [0.5, 0.6) is 5.75 Å². The molecule has 0 unspecified atom stereocenters. The van der Waals surface area contributed by atoms with E-state index in [1.54, 1.807) is 30.3 Å². The highest BCUT2D eigenvalue weighted by molar-refractivity contribution is 6.31. The van der Waals surface area contributed by atoms with Crippen molar-refractivity contribution in [2.24, 2.45) is 10.1 Å². The van der Waals surface area contributed by atoms with Crippen LogP contribution in [0.1, 0.15) is 36.1 Å². The van der Waals surface area contributed by atoms with Gasteiger partial charge in [-0.15, -0.1) is 0 Å². The van der Waals surface area contributed by atoms with Crippen LogP contribution in [0.3, 0.4) is 0 Å². The summed E-state index contributed by atoms with van der Waals surface area (Å²) in [4.78, 5) is 23.3. The quantitative estimate of drug-likeness (QED) is 0.319. The van der Waals surface area contributed by atoms with Crippen molar-refractivity contribution in [2.45, 2.75) is 38.6 Å². The van der Waals surface area contributed by atoms with Crippen molar-refractivity contribution in [2.75, 3.05) is 13.2 Å². The molecule has 0 aromatic heterocycles. The number of carboxylic acids is 1. The fourth-order valence-electron chi connectivity index (χ4n) is 3.86. The maximum atomic E-state index is 13.1. The first-order valence-corrected chi connectivity index (χ1v) is 12.7. The largest absolute Gasteiger partial charge is 0.478 e. The number of hydrogen-bond donors (Lipinski definition) is 1. The van der Waals surface area contributed by atoms with Crippen LogP contribution in [-0.4, -0.2) is 46.4 Å². The molecule has 1 N–H and O–H groups in total. The molecule has 0 spiro atoms. The molecular formula is C29H27ClF3N3O4. The first-order chi connectivity index (χ1) is 18.9. The Kier molecular flexibility index (Phi) is 8.68. The number of guanidine groups is 1. The van der Waals surface area contributed by atoms with Gasteiger partial charge in [-0.1, -0.05) is 48.0 Å². The lowest BCUT2D eigenvalue weighted by atomic mass is 10.1. The van der Waals surface area contributed by atoms with Crippen molar-refractivity contribution in [3.8, 4) is 5.75 Å². The van der Waals surface area contributed by atoms with Crippen LogP contribution in [0.4, 0.5) is 13.2 Å². The maximum absolute atomic E-state index is 13.1. The Balaban J connectivity index is 1.54. The molecule has 11 heteroatoms. The number of hydrogen-bond acceptors (Lipinski definition) is 6. The summed E-state index contributed by atoms with van der Waals surface area (Å²) in [5.41, 5.74) is 0.852. The molecular weight excluding hydrogens is 547 g/mol. The molecule has 3 aromatic rings. The second kappa shape index (κ2) is 12.0. The van der Waals surface area contributed by atoms with Gasteiger partial charge in [0.05, 0.1) is 11.3 Å². The lowest BCUT2D eigenvalue weighted by Gasteiger charge is -2.26. The molecule has 3 aromatic carbocycles. The summed E-state index contributed by atoms with van der Waals surface area (Å²) in [6.45, 7) is 3.73. The molecule has 0 bridgehead atoms. The van der Waals surface area contributed by atoms with Gasteiger partial charge < -0.3 is 19.6 Å². The highest BCUT2D eigenvalue weighted by Gasteiger charge is 2.30. The van der Waals surface area contributed by atoms with Gasteiger partial charge in [-0.05, 0) is 72.9 Å². The summed E-state index contributed by atoms with van der Waals surface area (Å²) in [6.07, 6.45) is -3.89. The molecule has 0 fully saturated rings. The molecule has 4 rings (SSSR count). The van der Waals surface area contributed by atoms with Crippen LogP contribution in [0, 0.1) is 0 Å². The van der Waals surface area contributed by atoms with Crippen LogP contribution in [-0.2, 0) is 28.8 Å². The van der Waals surface area contributed by atoms with E-state index in [4.69, 9.17) is 21.2 Å². The Morgan fingerprint density at radius 2 is 1.73 bits per heavy atom. The van der Waals surface area contributed by atoms with Crippen molar-refractivity contribution in [1.29, 1.82) is 0 Å². The number of rotatable bonds is 9. The number of aliphatic imine (C=N–C) groups is 1. The van der Waals surface area contributed by atoms with Crippen molar-refractivity contribution in [1.82, 2.24) is 4.90 Å². The van der Waals surface area contributed by atoms with Crippen LogP contribution < -0.4 is 4.74 Å². The number of carbonyl (C=O) groups is 1. The number of aliphatic carboxylic acids is 1.